The fourth-order valence-corrected chi connectivity index (χ4v) is 3.80. The quantitative estimate of drug-likeness (QED) is 0.825. The first-order valence-corrected chi connectivity index (χ1v) is 8.22. The first kappa shape index (κ1) is 13.9. The molecule has 118 valence electrons. The summed E-state index contributed by atoms with van der Waals surface area (Å²) in [5.41, 5.74) is 0.650. The van der Waals surface area contributed by atoms with Gasteiger partial charge in [0.2, 0.25) is 0 Å². The molecule has 0 saturated carbocycles. The van der Waals surface area contributed by atoms with Crippen molar-refractivity contribution in [1.82, 2.24) is 15.1 Å². The average Bonchev–Trinajstić information content (AvgIpc) is 3.30. The molecule has 4 heterocycles. The van der Waals surface area contributed by atoms with Crippen molar-refractivity contribution in [3.05, 3.63) is 17.8 Å². The topological polar surface area (TPSA) is 58.6 Å². The number of hydrogen-bond donors (Lipinski definition) is 0. The molecule has 3 aliphatic heterocycles. The Morgan fingerprint density at radius 3 is 2.68 bits per heavy atom. The van der Waals surface area contributed by atoms with Crippen molar-refractivity contribution in [3.8, 4) is 0 Å². The van der Waals surface area contributed by atoms with Crippen LogP contribution in [0.25, 0.3) is 0 Å². The number of carbonyl (C=O) groups excluding carboxylic acids is 1. The van der Waals surface area contributed by atoms with E-state index in [1.807, 2.05) is 17.0 Å². The molecule has 1 atom stereocenters. The third-order valence-electron chi connectivity index (χ3n) is 5.21. The summed E-state index contributed by atoms with van der Waals surface area (Å²) in [4.78, 5) is 16.7. The van der Waals surface area contributed by atoms with Crippen LogP contribution >= 0.6 is 0 Å². The molecule has 1 spiro atoms. The van der Waals surface area contributed by atoms with Crippen molar-refractivity contribution in [2.24, 2.45) is 5.41 Å². The zero-order valence-electron chi connectivity index (χ0n) is 12.8. The monoisotopic (exact) mass is 302 g/mol. The van der Waals surface area contributed by atoms with Gasteiger partial charge in [-0.3, -0.25) is 4.79 Å². The standard InChI is InChI=1S/C16H22N4O2/c21-15(20-9-5-16(11-20)6-10-22-12-16)13-3-4-14(18-17-13)19-7-1-2-8-19/h3-4H,1-2,5-12H2/t16-/m0/s1. The van der Waals surface area contributed by atoms with Gasteiger partial charge in [0.05, 0.1) is 6.61 Å². The molecule has 0 aliphatic carbocycles. The third-order valence-corrected chi connectivity index (χ3v) is 5.21. The van der Waals surface area contributed by atoms with Crippen LogP contribution < -0.4 is 4.90 Å². The van der Waals surface area contributed by atoms with Crippen LogP contribution in [0.2, 0.25) is 0 Å². The van der Waals surface area contributed by atoms with Crippen LogP contribution in [0, 0.1) is 5.41 Å². The van der Waals surface area contributed by atoms with Crippen LogP contribution in [-0.4, -0.2) is 60.4 Å². The molecule has 6 heteroatoms. The number of hydrogen-bond acceptors (Lipinski definition) is 5. The van der Waals surface area contributed by atoms with Crippen molar-refractivity contribution < 1.29 is 9.53 Å². The largest absolute Gasteiger partial charge is 0.381 e. The molecule has 0 bridgehead atoms. The second-order valence-electron chi connectivity index (χ2n) is 6.75. The maximum Gasteiger partial charge on any atom is 0.274 e. The Bertz CT molecular complexity index is 548. The highest BCUT2D eigenvalue weighted by atomic mass is 16.5. The van der Waals surface area contributed by atoms with Gasteiger partial charge in [-0.1, -0.05) is 0 Å². The van der Waals surface area contributed by atoms with E-state index in [0.717, 1.165) is 58.1 Å². The molecule has 6 nitrogen and oxygen atoms in total. The van der Waals surface area contributed by atoms with Gasteiger partial charge in [-0.05, 0) is 37.8 Å². The minimum Gasteiger partial charge on any atom is -0.381 e. The minimum absolute atomic E-state index is 0.00393. The van der Waals surface area contributed by atoms with E-state index < -0.39 is 0 Å². The van der Waals surface area contributed by atoms with Gasteiger partial charge in [-0.15, -0.1) is 10.2 Å². The highest BCUT2D eigenvalue weighted by Crippen LogP contribution is 2.38. The van der Waals surface area contributed by atoms with Gasteiger partial charge >= 0.3 is 0 Å². The summed E-state index contributed by atoms with van der Waals surface area (Å²) in [6, 6.07) is 3.75. The summed E-state index contributed by atoms with van der Waals surface area (Å²) in [6.45, 7) is 5.29. The number of ether oxygens (including phenoxy) is 1. The van der Waals surface area contributed by atoms with Crippen LogP contribution in [0.5, 0.6) is 0 Å². The van der Waals surface area contributed by atoms with Crippen molar-refractivity contribution in [2.75, 3.05) is 44.3 Å². The van der Waals surface area contributed by atoms with Gasteiger partial charge in [0.1, 0.15) is 0 Å². The predicted octanol–water partition coefficient (Wildman–Crippen LogP) is 1.33. The molecule has 3 fully saturated rings. The molecule has 1 aromatic rings. The summed E-state index contributed by atoms with van der Waals surface area (Å²) in [5, 5.41) is 8.41. The maximum atomic E-state index is 12.6. The third kappa shape index (κ3) is 2.45. The smallest absolute Gasteiger partial charge is 0.274 e. The number of rotatable bonds is 2. The van der Waals surface area contributed by atoms with Gasteiger partial charge < -0.3 is 14.5 Å². The molecule has 1 amide bonds. The first-order valence-electron chi connectivity index (χ1n) is 8.22. The molecular weight excluding hydrogens is 280 g/mol. The normalized spacial score (nSPS) is 28.0. The molecule has 0 aromatic carbocycles. The Labute approximate surface area is 130 Å². The van der Waals surface area contributed by atoms with Gasteiger partial charge in [-0.25, -0.2) is 0 Å². The second-order valence-corrected chi connectivity index (χ2v) is 6.75. The summed E-state index contributed by atoms with van der Waals surface area (Å²) in [6.07, 6.45) is 4.52. The lowest BCUT2D eigenvalue weighted by atomic mass is 9.87. The van der Waals surface area contributed by atoms with Gasteiger partial charge in [-0.2, -0.15) is 0 Å². The number of carbonyl (C=O) groups is 1. The highest BCUT2D eigenvalue weighted by molar-refractivity contribution is 5.92. The Morgan fingerprint density at radius 1 is 1.14 bits per heavy atom. The molecule has 3 aliphatic rings. The first-order chi connectivity index (χ1) is 10.8. The Kier molecular flexibility index (Phi) is 3.48. The van der Waals surface area contributed by atoms with Crippen molar-refractivity contribution in [3.63, 3.8) is 0 Å². The van der Waals surface area contributed by atoms with Crippen LogP contribution in [0.3, 0.4) is 0 Å². The Morgan fingerprint density at radius 2 is 2.00 bits per heavy atom. The summed E-state index contributed by atoms with van der Waals surface area (Å²) in [5.74, 6) is 0.889. The van der Waals surface area contributed by atoms with E-state index >= 15 is 0 Å². The molecule has 1 aromatic heterocycles. The van der Waals surface area contributed by atoms with Crippen LogP contribution in [0.4, 0.5) is 5.82 Å². The zero-order valence-corrected chi connectivity index (χ0v) is 12.8. The summed E-state index contributed by atoms with van der Waals surface area (Å²) in [7, 11) is 0. The fourth-order valence-electron chi connectivity index (χ4n) is 3.80. The minimum atomic E-state index is 0.00393. The number of likely N-dealkylation sites (tertiary alicyclic amines) is 1. The molecule has 0 radical (unpaired) electrons. The van der Waals surface area contributed by atoms with Gasteiger partial charge in [0.25, 0.3) is 5.91 Å². The number of anilines is 1. The van der Waals surface area contributed by atoms with Gasteiger partial charge in [0, 0.05) is 38.2 Å². The maximum absolute atomic E-state index is 12.6. The van der Waals surface area contributed by atoms with Crippen molar-refractivity contribution in [2.45, 2.75) is 25.7 Å². The summed E-state index contributed by atoms with van der Waals surface area (Å²) >= 11 is 0. The average molecular weight is 302 g/mol. The van der Waals surface area contributed by atoms with E-state index in [0.29, 0.717) is 5.69 Å². The predicted molar refractivity (Wildman–Crippen MR) is 81.9 cm³/mol. The molecule has 4 rings (SSSR count). The van der Waals surface area contributed by atoms with E-state index in [-0.39, 0.29) is 11.3 Å². The van der Waals surface area contributed by atoms with Crippen molar-refractivity contribution >= 4 is 11.7 Å². The fraction of sp³-hybridized carbons (Fsp3) is 0.688. The molecule has 0 N–H and O–H groups in total. The van der Waals surface area contributed by atoms with Crippen LogP contribution in [0.1, 0.15) is 36.2 Å². The van der Waals surface area contributed by atoms with E-state index in [1.54, 1.807) is 0 Å². The number of nitrogens with zero attached hydrogens (tertiary/aromatic N) is 4. The van der Waals surface area contributed by atoms with Gasteiger partial charge in [0.15, 0.2) is 11.5 Å². The van der Waals surface area contributed by atoms with E-state index in [4.69, 9.17) is 4.74 Å². The van der Waals surface area contributed by atoms with E-state index in [9.17, 15) is 4.79 Å². The highest BCUT2D eigenvalue weighted by Gasteiger charge is 2.43. The lowest BCUT2D eigenvalue weighted by molar-refractivity contribution is 0.0759. The molecule has 0 unspecified atom stereocenters. The van der Waals surface area contributed by atoms with E-state index in [2.05, 4.69) is 15.1 Å². The second kappa shape index (κ2) is 5.50. The Hall–Kier alpha value is -1.69. The van der Waals surface area contributed by atoms with Crippen LogP contribution in [0.15, 0.2) is 12.1 Å². The zero-order chi connectivity index (χ0) is 15.0. The molecule has 22 heavy (non-hydrogen) atoms. The van der Waals surface area contributed by atoms with E-state index in [1.165, 1.54) is 12.8 Å². The van der Waals surface area contributed by atoms with Crippen LogP contribution in [-0.2, 0) is 4.74 Å². The molecule has 3 saturated heterocycles. The molecular formula is C16H22N4O2. The van der Waals surface area contributed by atoms with Crippen molar-refractivity contribution in [1.29, 1.82) is 0 Å². The lowest BCUT2D eigenvalue weighted by Crippen LogP contribution is -2.33. The number of aromatic nitrogens is 2. The lowest BCUT2D eigenvalue weighted by Gasteiger charge is -2.21. The SMILES string of the molecule is O=C(c1ccc(N2CCCC2)nn1)N1CC[C@]2(CCOC2)C1. The number of amides is 1. The summed E-state index contributed by atoms with van der Waals surface area (Å²) < 4.78 is 5.52. The Balaban J connectivity index is 1.44.